The summed E-state index contributed by atoms with van der Waals surface area (Å²) >= 11 is 7.02. The lowest BCUT2D eigenvalue weighted by Gasteiger charge is -2.13. The third-order valence-electron chi connectivity index (χ3n) is 3.51. The predicted octanol–water partition coefficient (Wildman–Crippen LogP) is 3.47. The predicted molar refractivity (Wildman–Crippen MR) is 90.5 cm³/mol. The van der Waals surface area contributed by atoms with Crippen molar-refractivity contribution in [3.8, 4) is 0 Å². The lowest BCUT2D eigenvalue weighted by molar-refractivity contribution is 0.0920. The van der Waals surface area contributed by atoms with Gasteiger partial charge in [-0.2, -0.15) is 0 Å². The number of halogens is 1. The normalized spacial score (nSPS) is 17.2. The highest BCUT2D eigenvalue weighted by atomic mass is 35.5. The van der Waals surface area contributed by atoms with E-state index >= 15 is 0 Å². The molecule has 23 heavy (non-hydrogen) atoms. The maximum atomic E-state index is 12.0. The number of carbonyl (C=O) groups is 2. The molecule has 0 spiro atoms. The minimum absolute atomic E-state index is 0.216. The van der Waals surface area contributed by atoms with Crippen molar-refractivity contribution < 1.29 is 14.3 Å². The number of anilines is 1. The van der Waals surface area contributed by atoms with Crippen LogP contribution in [0.2, 0.25) is 4.34 Å². The van der Waals surface area contributed by atoms with Gasteiger partial charge < -0.3 is 10.1 Å². The standard InChI is InChI=1S/C16H15ClN2O3S/c1-10-2-4-11(5-3-10)19-9-12(22-16(19)21)8-18-15(20)13-6-7-14(17)23-13/h2-7,12H,8-9H2,1H3,(H,18,20)/t12-/m0/s1. The second kappa shape index (κ2) is 6.60. The molecule has 0 bridgehead atoms. The highest BCUT2D eigenvalue weighted by molar-refractivity contribution is 7.17. The summed E-state index contributed by atoms with van der Waals surface area (Å²) in [5.74, 6) is -0.216. The molecule has 0 saturated carbocycles. The Kier molecular flexibility index (Phi) is 4.54. The molecule has 2 aromatic rings. The number of hydrogen-bond acceptors (Lipinski definition) is 4. The number of benzene rings is 1. The molecule has 1 aliphatic heterocycles. The first kappa shape index (κ1) is 15.8. The number of rotatable bonds is 4. The first-order valence-electron chi connectivity index (χ1n) is 7.11. The number of thiophene rings is 1. The summed E-state index contributed by atoms with van der Waals surface area (Å²) < 4.78 is 5.86. The van der Waals surface area contributed by atoms with Crippen molar-refractivity contribution in [3.05, 3.63) is 51.2 Å². The molecule has 2 heterocycles. The summed E-state index contributed by atoms with van der Waals surface area (Å²) in [4.78, 5) is 26.0. The minimum Gasteiger partial charge on any atom is -0.442 e. The van der Waals surface area contributed by atoms with Crippen molar-refractivity contribution in [1.29, 1.82) is 0 Å². The quantitative estimate of drug-likeness (QED) is 0.918. The van der Waals surface area contributed by atoms with Gasteiger partial charge in [0, 0.05) is 5.69 Å². The molecule has 0 aliphatic carbocycles. The van der Waals surface area contributed by atoms with Crippen LogP contribution in [-0.2, 0) is 4.74 Å². The molecule has 1 aliphatic rings. The summed E-state index contributed by atoms with van der Waals surface area (Å²) in [5.41, 5.74) is 1.92. The minimum atomic E-state index is -0.396. The molecule has 1 saturated heterocycles. The SMILES string of the molecule is Cc1ccc(N2C[C@H](CNC(=O)c3ccc(Cl)s3)OC2=O)cc1. The van der Waals surface area contributed by atoms with Gasteiger partial charge in [-0.05, 0) is 31.2 Å². The van der Waals surface area contributed by atoms with Gasteiger partial charge in [-0.1, -0.05) is 29.3 Å². The average Bonchev–Trinajstić information content (AvgIpc) is 3.12. The molecule has 120 valence electrons. The maximum Gasteiger partial charge on any atom is 0.414 e. The number of hydrogen-bond donors (Lipinski definition) is 1. The molecule has 0 radical (unpaired) electrons. The monoisotopic (exact) mass is 350 g/mol. The van der Waals surface area contributed by atoms with Crippen molar-refractivity contribution in [1.82, 2.24) is 5.32 Å². The Bertz CT molecular complexity index is 729. The van der Waals surface area contributed by atoms with E-state index in [-0.39, 0.29) is 18.6 Å². The maximum absolute atomic E-state index is 12.0. The van der Waals surface area contributed by atoms with Crippen LogP contribution >= 0.6 is 22.9 Å². The van der Waals surface area contributed by atoms with Gasteiger partial charge in [-0.25, -0.2) is 4.79 Å². The second-order valence-electron chi connectivity index (χ2n) is 5.27. The van der Waals surface area contributed by atoms with Gasteiger partial charge in [0.15, 0.2) is 0 Å². The first-order valence-corrected chi connectivity index (χ1v) is 8.31. The van der Waals surface area contributed by atoms with Crippen LogP contribution in [0.25, 0.3) is 0 Å². The summed E-state index contributed by atoms with van der Waals surface area (Å²) in [7, 11) is 0. The highest BCUT2D eigenvalue weighted by Crippen LogP contribution is 2.23. The van der Waals surface area contributed by atoms with E-state index in [4.69, 9.17) is 16.3 Å². The third-order valence-corrected chi connectivity index (χ3v) is 4.74. The van der Waals surface area contributed by atoms with E-state index < -0.39 is 6.09 Å². The van der Waals surface area contributed by atoms with Gasteiger partial charge in [0.05, 0.1) is 22.3 Å². The molecule has 1 aromatic carbocycles. The molecule has 1 aromatic heterocycles. The lowest BCUT2D eigenvalue weighted by atomic mass is 10.2. The molecule has 5 nitrogen and oxygen atoms in total. The summed E-state index contributed by atoms with van der Waals surface area (Å²) in [6.07, 6.45) is -0.768. The largest absolute Gasteiger partial charge is 0.442 e. The van der Waals surface area contributed by atoms with Crippen molar-refractivity contribution in [2.75, 3.05) is 18.0 Å². The molecule has 3 rings (SSSR count). The first-order chi connectivity index (χ1) is 11.0. The number of amides is 2. The van der Waals surface area contributed by atoms with Crippen LogP contribution in [0.15, 0.2) is 36.4 Å². The Morgan fingerprint density at radius 2 is 2.09 bits per heavy atom. The van der Waals surface area contributed by atoms with Crippen molar-refractivity contribution in [2.24, 2.45) is 0 Å². The van der Waals surface area contributed by atoms with Crippen LogP contribution in [-0.4, -0.2) is 31.2 Å². The van der Waals surface area contributed by atoms with Crippen LogP contribution in [0.3, 0.4) is 0 Å². The van der Waals surface area contributed by atoms with Crippen LogP contribution in [0.4, 0.5) is 10.5 Å². The number of nitrogens with one attached hydrogen (secondary N) is 1. The molecule has 1 atom stereocenters. The Labute approximate surface area is 142 Å². The Morgan fingerprint density at radius 1 is 1.35 bits per heavy atom. The summed E-state index contributed by atoms with van der Waals surface area (Å²) in [5, 5.41) is 2.76. The summed E-state index contributed by atoms with van der Waals surface area (Å²) in [6, 6.07) is 11.0. The number of carbonyl (C=O) groups excluding carboxylic acids is 2. The molecule has 1 N–H and O–H groups in total. The van der Waals surface area contributed by atoms with Crippen molar-refractivity contribution >= 4 is 40.6 Å². The van der Waals surface area contributed by atoms with E-state index in [0.29, 0.717) is 15.8 Å². The number of ether oxygens (including phenoxy) is 1. The zero-order valence-electron chi connectivity index (χ0n) is 12.4. The molecule has 7 heteroatoms. The van der Waals surface area contributed by atoms with E-state index in [1.165, 1.54) is 11.3 Å². The van der Waals surface area contributed by atoms with Gasteiger partial charge in [-0.15, -0.1) is 11.3 Å². The fourth-order valence-corrected chi connectivity index (χ4v) is 3.25. The second-order valence-corrected chi connectivity index (χ2v) is 6.98. The topological polar surface area (TPSA) is 58.6 Å². The van der Waals surface area contributed by atoms with Gasteiger partial charge in [-0.3, -0.25) is 9.69 Å². The molecular formula is C16H15ClN2O3S. The Morgan fingerprint density at radius 3 is 2.74 bits per heavy atom. The van der Waals surface area contributed by atoms with Crippen LogP contribution in [0.1, 0.15) is 15.2 Å². The third kappa shape index (κ3) is 3.65. The van der Waals surface area contributed by atoms with Crippen LogP contribution in [0, 0.1) is 6.92 Å². The number of nitrogens with zero attached hydrogens (tertiary/aromatic N) is 1. The molecule has 2 amide bonds. The molecular weight excluding hydrogens is 336 g/mol. The van der Waals surface area contributed by atoms with E-state index in [0.717, 1.165) is 11.3 Å². The van der Waals surface area contributed by atoms with Crippen LogP contribution < -0.4 is 10.2 Å². The van der Waals surface area contributed by atoms with Gasteiger partial charge in [0.1, 0.15) is 6.10 Å². The van der Waals surface area contributed by atoms with E-state index in [1.807, 2.05) is 31.2 Å². The molecule has 1 fully saturated rings. The zero-order valence-corrected chi connectivity index (χ0v) is 14.0. The van der Waals surface area contributed by atoms with Crippen molar-refractivity contribution in [3.63, 3.8) is 0 Å². The smallest absolute Gasteiger partial charge is 0.414 e. The van der Waals surface area contributed by atoms with Crippen LogP contribution in [0.5, 0.6) is 0 Å². The van der Waals surface area contributed by atoms with E-state index in [9.17, 15) is 9.59 Å². The van der Waals surface area contributed by atoms with E-state index in [1.54, 1.807) is 17.0 Å². The van der Waals surface area contributed by atoms with Gasteiger partial charge in [0.25, 0.3) is 5.91 Å². The number of cyclic esters (lactones) is 1. The highest BCUT2D eigenvalue weighted by Gasteiger charge is 2.32. The number of aryl methyl sites for hydroxylation is 1. The molecule has 0 unspecified atom stereocenters. The van der Waals surface area contributed by atoms with Gasteiger partial charge in [0.2, 0.25) is 0 Å². The van der Waals surface area contributed by atoms with Gasteiger partial charge >= 0.3 is 6.09 Å². The average molecular weight is 351 g/mol. The summed E-state index contributed by atoms with van der Waals surface area (Å²) in [6.45, 7) is 2.66. The zero-order chi connectivity index (χ0) is 16.4. The van der Waals surface area contributed by atoms with E-state index in [2.05, 4.69) is 5.32 Å². The Balaban J connectivity index is 1.57. The fourth-order valence-electron chi connectivity index (χ4n) is 2.29. The fraction of sp³-hybridized carbons (Fsp3) is 0.250. The Hall–Kier alpha value is -2.05. The lowest BCUT2D eigenvalue weighted by Crippen LogP contribution is -2.34. The van der Waals surface area contributed by atoms with Crippen molar-refractivity contribution in [2.45, 2.75) is 13.0 Å².